The van der Waals surface area contributed by atoms with Crippen LogP contribution in [-0.4, -0.2) is 35.2 Å². The molecule has 0 rings (SSSR count). The molecular weight excluding hydrogens is 382 g/mol. The van der Waals surface area contributed by atoms with Crippen LogP contribution in [0.1, 0.15) is 47.0 Å². The Labute approximate surface area is 140 Å². The minimum atomic E-state index is -3.57. The predicted molar refractivity (Wildman–Crippen MR) is 88.3 cm³/mol. The van der Waals surface area contributed by atoms with Gasteiger partial charge in [-0.1, -0.05) is 15.9 Å². The number of halogens is 2. The molecule has 21 heavy (non-hydrogen) atoms. The maximum absolute atomic E-state index is 13.0. The van der Waals surface area contributed by atoms with Crippen molar-refractivity contribution in [3.8, 4) is 0 Å². The minimum absolute atomic E-state index is 0.293. The van der Waals surface area contributed by atoms with Crippen molar-refractivity contribution in [3.05, 3.63) is 0 Å². The Kier molecular flexibility index (Phi) is 11.2. The molecule has 0 unspecified atom stereocenters. The number of alkyl halides is 2. The summed E-state index contributed by atoms with van der Waals surface area (Å²) in [6.45, 7) is 7.04. The summed E-state index contributed by atoms with van der Waals surface area (Å²) in [5.74, 6) is -1.84. The maximum Gasteiger partial charge on any atom is 0.371 e. The molecule has 0 bridgehead atoms. The van der Waals surface area contributed by atoms with E-state index in [1.807, 2.05) is 0 Å². The first-order valence-corrected chi connectivity index (χ1v) is 10.3. The van der Waals surface area contributed by atoms with Crippen molar-refractivity contribution in [3.63, 3.8) is 0 Å². The molecular formula is C13H25BrClO5P. The van der Waals surface area contributed by atoms with E-state index >= 15 is 0 Å². The Morgan fingerprint density at radius 1 is 1.14 bits per heavy atom. The van der Waals surface area contributed by atoms with Gasteiger partial charge in [-0.05, 0) is 47.0 Å². The van der Waals surface area contributed by atoms with Gasteiger partial charge in [0.15, 0.2) is 0 Å². The van der Waals surface area contributed by atoms with Crippen LogP contribution in [0.15, 0.2) is 0 Å². The highest BCUT2D eigenvalue weighted by Crippen LogP contribution is 2.57. The Morgan fingerprint density at radius 3 is 2.05 bits per heavy atom. The Morgan fingerprint density at radius 2 is 1.67 bits per heavy atom. The van der Waals surface area contributed by atoms with Gasteiger partial charge in [-0.2, -0.15) is 0 Å². The van der Waals surface area contributed by atoms with Crippen molar-refractivity contribution in [2.24, 2.45) is 0 Å². The summed E-state index contributed by atoms with van der Waals surface area (Å²) in [5.41, 5.74) is 0. The second-order valence-electron chi connectivity index (χ2n) is 5.11. The number of rotatable bonds is 11. The third kappa shape index (κ3) is 9.19. The molecule has 126 valence electrons. The molecule has 0 amide bonds. The second kappa shape index (κ2) is 11.0. The van der Waals surface area contributed by atoms with Gasteiger partial charge in [0.1, 0.15) is 5.88 Å². The Bertz CT molecular complexity index is 337. The average molecular weight is 408 g/mol. The van der Waals surface area contributed by atoms with Crippen molar-refractivity contribution in [1.29, 1.82) is 0 Å². The molecule has 0 N–H and O–H groups in total. The number of carbonyl (C=O) groups excluding carboxylic acids is 1. The van der Waals surface area contributed by atoms with Gasteiger partial charge in [-0.3, -0.25) is 9.36 Å². The summed E-state index contributed by atoms with van der Waals surface area (Å²) >= 11 is 8.80. The van der Waals surface area contributed by atoms with Crippen molar-refractivity contribution in [2.75, 3.05) is 11.2 Å². The first kappa shape index (κ1) is 21.4. The molecule has 0 heterocycles. The van der Waals surface area contributed by atoms with Crippen LogP contribution >= 0.6 is 35.1 Å². The van der Waals surface area contributed by atoms with E-state index < -0.39 is 19.4 Å². The Balaban J connectivity index is 5.12. The van der Waals surface area contributed by atoms with Gasteiger partial charge < -0.3 is 13.8 Å². The number of hydrogen-bond acceptors (Lipinski definition) is 5. The van der Waals surface area contributed by atoms with Gasteiger partial charge in [0.25, 0.3) is 0 Å². The summed E-state index contributed by atoms with van der Waals surface area (Å²) in [6, 6.07) is 0. The molecule has 0 aromatic carbocycles. The lowest BCUT2D eigenvalue weighted by atomic mass is 10.3. The molecule has 8 heteroatoms. The van der Waals surface area contributed by atoms with Crippen molar-refractivity contribution < 1.29 is 23.1 Å². The smallest absolute Gasteiger partial charge is 0.371 e. The SMILES string of the molecule is CC(C)OP(=O)(OC(C)C)[C@@H](CCCCBr)OC(=O)CCl. The third-order valence-electron chi connectivity index (χ3n) is 2.28. The maximum atomic E-state index is 13.0. The summed E-state index contributed by atoms with van der Waals surface area (Å²) in [7, 11) is -3.57. The fraction of sp³-hybridized carbons (Fsp3) is 0.923. The van der Waals surface area contributed by atoms with Crippen LogP contribution < -0.4 is 0 Å². The molecule has 0 saturated heterocycles. The fourth-order valence-corrected chi connectivity index (χ4v) is 4.33. The van der Waals surface area contributed by atoms with E-state index in [1.165, 1.54) is 0 Å². The quantitative estimate of drug-likeness (QED) is 0.215. The molecule has 0 saturated carbocycles. The number of esters is 1. The van der Waals surface area contributed by atoms with Crippen LogP contribution in [0.3, 0.4) is 0 Å². The normalized spacial score (nSPS) is 13.7. The highest BCUT2D eigenvalue weighted by Gasteiger charge is 2.40. The molecule has 0 aliphatic carbocycles. The lowest BCUT2D eigenvalue weighted by Gasteiger charge is -2.29. The number of hydrogen-bond donors (Lipinski definition) is 0. The largest absolute Gasteiger partial charge is 0.448 e. The molecule has 0 aromatic rings. The van der Waals surface area contributed by atoms with Crippen molar-refractivity contribution in [2.45, 2.75) is 65.0 Å². The van der Waals surface area contributed by atoms with E-state index in [0.29, 0.717) is 6.42 Å². The minimum Gasteiger partial charge on any atom is -0.448 e. The average Bonchev–Trinajstić information content (AvgIpc) is 2.35. The fourth-order valence-electron chi connectivity index (χ4n) is 1.63. The van der Waals surface area contributed by atoms with Crippen molar-refractivity contribution >= 4 is 41.1 Å². The highest BCUT2D eigenvalue weighted by molar-refractivity contribution is 9.09. The lowest BCUT2D eigenvalue weighted by Crippen LogP contribution is -2.24. The van der Waals surface area contributed by atoms with Crippen LogP contribution in [0.25, 0.3) is 0 Å². The van der Waals surface area contributed by atoms with E-state index in [9.17, 15) is 9.36 Å². The zero-order valence-corrected chi connectivity index (χ0v) is 16.2. The van der Waals surface area contributed by atoms with E-state index in [2.05, 4.69) is 15.9 Å². The highest BCUT2D eigenvalue weighted by atomic mass is 79.9. The molecule has 1 atom stereocenters. The van der Waals surface area contributed by atoms with E-state index in [-0.39, 0.29) is 18.1 Å². The Hall–Kier alpha value is 0.390. The first-order valence-electron chi connectivity index (χ1n) is 7.03. The van der Waals surface area contributed by atoms with Gasteiger partial charge in [0.05, 0.1) is 12.2 Å². The van der Waals surface area contributed by atoms with Gasteiger partial charge in [-0.25, -0.2) is 0 Å². The summed E-state index contributed by atoms with van der Waals surface area (Å²) in [5, 5.41) is 0.823. The molecule has 0 fully saturated rings. The number of carbonyl (C=O) groups is 1. The van der Waals surface area contributed by atoms with Crippen molar-refractivity contribution in [1.82, 2.24) is 0 Å². The van der Waals surface area contributed by atoms with Crippen LogP contribution in [0.5, 0.6) is 0 Å². The molecule has 5 nitrogen and oxygen atoms in total. The van der Waals surface area contributed by atoms with Crippen LogP contribution in [-0.2, 0) is 23.1 Å². The monoisotopic (exact) mass is 406 g/mol. The summed E-state index contributed by atoms with van der Waals surface area (Å²) < 4.78 is 29.2. The predicted octanol–water partition coefficient (Wildman–Crippen LogP) is 4.70. The topological polar surface area (TPSA) is 61.8 Å². The zero-order chi connectivity index (χ0) is 16.5. The lowest BCUT2D eigenvalue weighted by molar-refractivity contribution is -0.143. The van der Waals surface area contributed by atoms with Crippen LogP contribution in [0.2, 0.25) is 0 Å². The molecule has 0 spiro atoms. The van der Waals surface area contributed by atoms with Gasteiger partial charge in [0.2, 0.25) is 5.85 Å². The second-order valence-corrected chi connectivity index (χ2v) is 8.25. The first-order chi connectivity index (χ1) is 9.75. The summed E-state index contributed by atoms with van der Waals surface area (Å²) in [4.78, 5) is 11.5. The van der Waals surface area contributed by atoms with Gasteiger partial charge >= 0.3 is 13.6 Å². The zero-order valence-electron chi connectivity index (χ0n) is 13.0. The molecule has 0 aromatic heterocycles. The van der Waals surface area contributed by atoms with E-state index in [1.54, 1.807) is 27.7 Å². The van der Waals surface area contributed by atoms with Gasteiger partial charge in [-0.15, -0.1) is 11.6 Å². The molecule has 0 radical (unpaired) electrons. The molecule has 0 aliphatic rings. The van der Waals surface area contributed by atoms with E-state index in [0.717, 1.165) is 18.2 Å². The standard InChI is InChI=1S/C13H25BrClO5P/c1-10(2)19-21(17,20-11(3)4)13(7-5-6-8-14)18-12(16)9-15/h10-11,13H,5-9H2,1-4H3/t13-/m0/s1. The van der Waals surface area contributed by atoms with E-state index in [4.69, 9.17) is 25.4 Å². The number of ether oxygens (including phenoxy) is 1. The summed E-state index contributed by atoms with van der Waals surface area (Å²) in [6.07, 6.45) is 1.41. The third-order valence-corrected chi connectivity index (χ3v) is 5.56. The van der Waals surface area contributed by atoms with Gasteiger partial charge in [0, 0.05) is 5.33 Å². The van der Waals surface area contributed by atoms with Crippen LogP contribution in [0, 0.1) is 0 Å². The number of unbranched alkanes of at least 4 members (excludes halogenated alkanes) is 1. The van der Waals surface area contributed by atoms with Crippen LogP contribution in [0.4, 0.5) is 0 Å². The molecule has 0 aliphatic heterocycles.